The Morgan fingerprint density at radius 1 is 1.40 bits per heavy atom. The zero-order chi connectivity index (χ0) is 15.5. The zero-order valence-electron chi connectivity index (χ0n) is 11.2. The van der Waals surface area contributed by atoms with Crippen LogP contribution in [0.3, 0.4) is 0 Å². The summed E-state index contributed by atoms with van der Waals surface area (Å²) in [6, 6.07) is 1.83. The maximum atomic E-state index is 11.0. The van der Waals surface area contributed by atoms with Crippen molar-refractivity contribution in [3.8, 4) is 11.9 Å². The van der Waals surface area contributed by atoms with E-state index in [1.165, 1.54) is 28.1 Å². The molecule has 0 N–H and O–H groups in total. The summed E-state index contributed by atoms with van der Waals surface area (Å²) >= 11 is 5.03. The van der Waals surface area contributed by atoms with Crippen LogP contribution >= 0.6 is 6.72 Å². The molecular formula is C10H12N3O5PS. The van der Waals surface area contributed by atoms with Crippen LogP contribution in [-0.4, -0.2) is 24.1 Å². The van der Waals surface area contributed by atoms with Crippen LogP contribution in [0, 0.1) is 35.3 Å². The number of nitro groups is 1. The van der Waals surface area contributed by atoms with Crippen molar-refractivity contribution in [2.75, 3.05) is 14.2 Å². The quantitative estimate of drug-likeness (QED) is 0.462. The predicted molar refractivity (Wildman–Crippen MR) is 74.0 cm³/mol. The molecule has 0 bridgehead atoms. The smallest absolute Gasteiger partial charge is 0.381 e. The number of nitriles is 1. The second-order valence-electron chi connectivity index (χ2n) is 3.62. The third kappa shape index (κ3) is 3.11. The van der Waals surface area contributed by atoms with Crippen molar-refractivity contribution in [3.05, 3.63) is 26.9 Å². The fourth-order valence-electron chi connectivity index (χ4n) is 1.53. The Morgan fingerprint density at radius 2 is 1.95 bits per heavy atom. The average Bonchev–Trinajstić information content (AvgIpc) is 2.38. The van der Waals surface area contributed by atoms with E-state index < -0.39 is 11.6 Å². The lowest BCUT2D eigenvalue weighted by Crippen LogP contribution is -2.06. The lowest BCUT2D eigenvalue weighted by molar-refractivity contribution is -0.386. The van der Waals surface area contributed by atoms with Gasteiger partial charge in [-0.25, -0.2) is 4.98 Å². The van der Waals surface area contributed by atoms with Gasteiger partial charge in [-0.15, -0.1) is 0 Å². The fourth-order valence-corrected chi connectivity index (χ4v) is 2.39. The summed E-state index contributed by atoms with van der Waals surface area (Å²) in [5.74, 6) is -0.125. The van der Waals surface area contributed by atoms with Crippen molar-refractivity contribution in [2.45, 2.75) is 13.8 Å². The summed E-state index contributed by atoms with van der Waals surface area (Å²) < 4.78 is 15.2. The summed E-state index contributed by atoms with van der Waals surface area (Å²) in [4.78, 5) is 14.3. The number of hydrogen-bond acceptors (Lipinski definition) is 8. The summed E-state index contributed by atoms with van der Waals surface area (Å²) in [5.41, 5.74) is -0.00771. The van der Waals surface area contributed by atoms with Crippen molar-refractivity contribution in [3.63, 3.8) is 0 Å². The number of pyridine rings is 1. The molecule has 0 aliphatic carbocycles. The van der Waals surface area contributed by atoms with E-state index >= 15 is 0 Å². The van der Waals surface area contributed by atoms with Crippen LogP contribution in [0.15, 0.2) is 0 Å². The molecule has 1 aromatic heterocycles. The fraction of sp³-hybridized carbons (Fsp3) is 0.400. The van der Waals surface area contributed by atoms with E-state index in [0.29, 0.717) is 0 Å². The predicted octanol–water partition coefficient (Wildman–Crippen LogP) is 2.37. The van der Waals surface area contributed by atoms with E-state index in [0.717, 1.165) is 0 Å². The van der Waals surface area contributed by atoms with Crippen molar-refractivity contribution in [2.24, 2.45) is 0 Å². The van der Waals surface area contributed by atoms with E-state index in [1.54, 1.807) is 0 Å². The van der Waals surface area contributed by atoms with Gasteiger partial charge >= 0.3 is 6.72 Å². The van der Waals surface area contributed by atoms with Gasteiger partial charge in [0.2, 0.25) is 5.88 Å². The maximum Gasteiger partial charge on any atom is 0.381 e. The third-order valence-corrected chi connectivity index (χ3v) is 4.90. The largest absolute Gasteiger partial charge is 0.404 e. The molecule has 0 aromatic carbocycles. The molecule has 0 aliphatic heterocycles. The summed E-state index contributed by atoms with van der Waals surface area (Å²) in [7, 11) is 2.61. The minimum Gasteiger partial charge on any atom is -0.404 e. The van der Waals surface area contributed by atoms with Crippen LogP contribution < -0.4 is 4.52 Å². The molecule has 0 radical (unpaired) electrons. The molecule has 8 nitrogen and oxygen atoms in total. The molecule has 0 spiro atoms. The van der Waals surface area contributed by atoms with E-state index in [4.69, 9.17) is 30.6 Å². The normalized spacial score (nSPS) is 10.9. The molecule has 108 valence electrons. The highest BCUT2D eigenvalue weighted by atomic mass is 32.5. The van der Waals surface area contributed by atoms with Crippen molar-refractivity contribution in [1.29, 1.82) is 5.26 Å². The Morgan fingerprint density at radius 3 is 2.35 bits per heavy atom. The van der Waals surface area contributed by atoms with E-state index in [-0.39, 0.29) is 28.4 Å². The zero-order valence-corrected chi connectivity index (χ0v) is 12.9. The lowest BCUT2D eigenvalue weighted by atomic mass is 10.1. The molecule has 0 unspecified atom stereocenters. The van der Waals surface area contributed by atoms with E-state index in [9.17, 15) is 10.1 Å². The van der Waals surface area contributed by atoms with Crippen molar-refractivity contribution in [1.82, 2.24) is 4.98 Å². The van der Waals surface area contributed by atoms with Crippen LogP contribution in [0.25, 0.3) is 0 Å². The van der Waals surface area contributed by atoms with Gasteiger partial charge in [0.15, 0.2) is 0 Å². The molecule has 0 amide bonds. The van der Waals surface area contributed by atoms with Crippen LogP contribution in [0.4, 0.5) is 5.69 Å². The maximum absolute atomic E-state index is 11.0. The van der Waals surface area contributed by atoms with Crippen molar-refractivity contribution >= 4 is 24.2 Å². The number of aromatic nitrogens is 1. The lowest BCUT2D eigenvalue weighted by Gasteiger charge is -2.18. The van der Waals surface area contributed by atoms with Gasteiger partial charge in [0, 0.05) is 26.0 Å². The summed E-state index contributed by atoms with van der Waals surface area (Å²) in [6.07, 6.45) is 0. The van der Waals surface area contributed by atoms with E-state index in [2.05, 4.69) is 4.98 Å². The Labute approximate surface area is 120 Å². The molecule has 1 heterocycles. The standard InChI is InChI=1S/C10H12N3O5PS/c1-6-8(5-11)10(18-19(20,16-3)17-4)12-7(2)9(6)13(14)15/h1-4H3. The van der Waals surface area contributed by atoms with Crippen LogP contribution in [0.2, 0.25) is 0 Å². The molecule has 0 saturated carbocycles. The van der Waals surface area contributed by atoms with Gasteiger partial charge in [-0.2, -0.15) is 5.26 Å². The van der Waals surface area contributed by atoms with Gasteiger partial charge < -0.3 is 13.6 Å². The third-order valence-electron chi connectivity index (χ3n) is 2.50. The molecule has 0 fully saturated rings. The Bertz CT molecular complexity index is 635. The first-order chi connectivity index (χ1) is 9.29. The Kier molecular flexibility index (Phi) is 5.14. The molecule has 10 heteroatoms. The van der Waals surface area contributed by atoms with Gasteiger partial charge in [-0.1, -0.05) is 0 Å². The highest BCUT2D eigenvalue weighted by Gasteiger charge is 2.28. The van der Waals surface area contributed by atoms with Gasteiger partial charge in [0.05, 0.1) is 10.5 Å². The van der Waals surface area contributed by atoms with Crippen molar-refractivity contribution < 1.29 is 18.5 Å². The highest BCUT2D eigenvalue weighted by Crippen LogP contribution is 2.49. The topological polar surface area (TPSA) is 108 Å². The molecule has 1 aromatic rings. The minimum absolute atomic E-state index is 0.0642. The van der Waals surface area contributed by atoms with Gasteiger partial charge in [-0.3, -0.25) is 10.1 Å². The van der Waals surface area contributed by atoms with E-state index in [1.807, 2.05) is 6.07 Å². The molecular weight excluding hydrogens is 305 g/mol. The summed E-state index contributed by atoms with van der Waals surface area (Å²) in [5, 5.41) is 20.1. The minimum atomic E-state index is -3.07. The first-order valence-electron chi connectivity index (χ1n) is 5.26. The Hall–Kier alpha value is -1.59. The number of rotatable bonds is 5. The first kappa shape index (κ1) is 16.5. The molecule has 0 aliphatic rings. The summed E-state index contributed by atoms with van der Waals surface area (Å²) in [6.45, 7) is -0.179. The number of nitrogens with zero attached hydrogens (tertiary/aromatic N) is 3. The molecule has 0 saturated heterocycles. The second kappa shape index (κ2) is 6.24. The monoisotopic (exact) mass is 317 g/mol. The SMILES string of the molecule is COP(=S)(OC)Oc1nc(C)c([N+](=O)[O-])c(C)c1C#N. The number of aryl methyl sites for hydroxylation is 1. The van der Waals surface area contributed by atoms with Gasteiger partial charge in [0.25, 0.3) is 5.69 Å². The van der Waals surface area contributed by atoms with Gasteiger partial charge in [0.1, 0.15) is 17.3 Å². The molecule has 20 heavy (non-hydrogen) atoms. The molecule has 0 atom stereocenters. The number of hydrogen-bond donors (Lipinski definition) is 0. The highest BCUT2D eigenvalue weighted by molar-refractivity contribution is 8.07. The average molecular weight is 317 g/mol. The Balaban J connectivity index is 3.48. The van der Waals surface area contributed by atoms with Crippen LogP contribution in [0.1, 0.15) is 16.8 Å². The second-order valence-corrected chi connectivity index (χ2v) is 6.77. The molecule has 1 rings (SSSR count). The van der Waals surface area contributed by atoms with Gasteiger partial charge in [-0.05, 0) is 13.8 Å². The van der Waals surface area contributed by atoms with Crippen LogP contribution in [0.5, 0.6) is 5.88 Å². The first-order valence-corrected chi connectivity index (χ1v) is 7.82. The van der Waals surface area contributed by atoms with Crippen LogP contribution in [-0.2, 0) is 20.9 Å².